The minimum absolute atomic E-state index is 0.255. The zero-order chi connectivity index (χ0) is 29.8. The molecule has 0 aliphatic heterocycles. The van der Waals surface area contributed by atoms with Crippen molar-refractivity contribution in [3.8, 4) is 23.1 Å². The first-order valence-corrected chi connectivity index (χ1v) is 14.0. The monoisotopic (exact) mass is 629 g/mol. The van der Waals surface area contributed by atoms with Crippen LogP contribution >= 0.6 is 15.9 Å². The van der Waals surface area contributed by atoms with Crippen molar-refractivity contribution in [1.82, 2.24) is 9.66 Å². The molecule has 10 heteroatoms. The Hall–Kier alpha value is -4.70. The second kappa shape index (κ2) is 12.4. The van der Waals surface area contributed by atoms with Crippen LogP contribution in [-0.2, 0) is 16.0 Å². The average molecular weight is 630 g/mol. The van der Waals surface area contributed by atoms with Gasteiger partial charge < -0.3 is 18.6 Å². The van der Waals surface area contributed by atoms with E-state index in [0.29, 0.717) is 52.3 Å². The van der Waals surface area contributed by atoms with Crippen LogP contribution in [0.4, 0.5) is 0 Å². The molecule has 0 aliphatic rings. The molecule has 0 fully saturated rings. The molecule has 0 N–H and O–H groups in total. The van der Waals surface area contributed by atoms with E-state index in [1.165, 1.54) is 11.8 Å². The number of halogens is 1. The quantitative estimate of drug-likeness (QED) is 0.0983. The molecule has 9 nitrogen and oxygen atoms in total. The van der Waals surface area contributed by atoms with Crippen molar-refractivity contribution in [3.63, 3.8) is 0 Å². The Morgan fingerprint density at radius 3 is 2.76 bits per heavy atom. The molecular weight excluding hydrogens is 602 g/mol. The number of nitrogens with zero attached hydrogens (tertiary/aromatic N) is 3. The molecule has 0 spiro atoms. The van der Waals surface area contributed by atoms with E-state index in [1.54, 1.807) is 43.5 Å². The van der Waals surface area contributed by atoms with Gasteiger partial charge in [-0.2, -0.15) is 9.78 Å². The first-order valence-electron chi connectivity index (χ1n) is 13.2. The number of carbonyl (C=O) groups excluding carboxylic acids is 1. The zero-order valence-corrected chi connectivity index (χ0v) is 24.9. The lowest BCUT2D eigenvalue weighted by atomic mass is 10.1. The maximum absolute atomic E-state index is 13.7. The maximum Gasteiger partial charge on any atom is 0.346 e. The summed E-state index contributed by atoms with van der Waals surface area (Å²) in [4.78, 5) is 30.5. The SMILES string of the molecule is C=CCc1cc(C=Nn2c(-c3cc4cc(Br)ccc4o3)nc3ccccc3c2=O)cc(OCC)c1O[C@H](C)C(=O)OC. The molecule has 0 bridgehead atoms. The predicted octanol–water partition coefficient (Wildman–Crippen LogP) is 6.52. The van der Waals surface area contributed by atoms with Gasteiger partial charge in [-0.3, -0.25) is 4.79 Å². The first kappa shape index (κ1) is 28.8. The summed E-state index contributed by atoms with van der Waals surface area (Å²) < 4.78 is 24.9. The van der Waals surface area contributed by atoms with Gasteiger partial charge in [0.2, 0.25) is 5.82 Å². The van der Waals surface area contributed by atoms with Crippen molar-refractivity contribution in [2.75, 3.05) is 13.7 Å². The minimum Gasteiger partial charge on any atom is -0.490 e. The van der Waals surface area contributed by atoms with Crippen molar-refractivity contribution in [2.24, 2.45) is 5.10 Å². The third kappa shape index (κ3) is 5.84. The van der Waals surface area contributed by atoms with E-state index in [4.69, 9.17) is 23.6 Å². The van der Waals surface area contributed by atoms with Gasteiger partial charge in [0.15, 0.2) is 23.4 Å². The van der Waals surface area contributed by atoms with E-state index in [2.05, 4.69) is 27.6 Å². The largest absolute Gasteiger partial charge is 0.490 e. The molecule has 5 aromatic rings. The predicted molar refractivity (Wildman–Crippen MR) is 166 cm³/mol. The summed E-state index contributed by atoms with van der Waals surface area (Å²) in [7, 11) is 1.30. The van der Waals surface area contributed by atoms with E-state index in [-0.39, 0.29) is 11.4 Å². The van der Waals surface area contributed by atoms with Gasteiger partial charge in [-0.15, -0.1) is 6.58 Å². The van der Waals surface area contributed by atoms with E-state index in [9.17, 15) is 9.59 Å². The van der Waals surface area contributed by atoms with E-state index in [1.807, 2.05) is 43.3 Å². The molecule has 0 saturated carbocycles. The number of carbonyl (C=O) groups is 1. The van der Waals surface area contributed by atoms with Crippen LogP contribution in [0.1, 0.15) is 25.0 Å². The fourth-order valence-corrected chi connectivity index (χ4v) is 4.87. The van der Waals surface area contributed by atoms with Gasteiger partial charge in [0.25, 0.3) is 5.56 Å². The number of aromatic nitrogens is 2. The van der Waals surface area contributed by atoms with Crippen LogP contribution in [0.15, 0.2) is 92.1 Å². The fourth-order valence-electron chi connectivity index (χ4n) is 4.49. The number of fused-ring (bicyclic) bond motifs is 2. The van der Waals surface area contributed by atoms with Crippen molar-refractivity contribution in [2.45, 2.75) is 26.4 Å². The van der Waals surface area contributed by atoms with Crippen LogP contribution < -0.4 is 15.0 Å². The fraction of sp³-hybridized carbons (Fsp3) is 0.188. The van der Waals surface area contributed by atoms with E-state index >= 15 is 0 Å². The molecule has 2 aromatic heterocycles. The molecule has 42 heavy (non-hydrogen) atoms. The lowest BCUT2D eigenvalue weighted by molar-refractivity contribution is -0.147. The number of allylic oxidation sites excluding steroid dienone is 1. The molecular formula is C32H28BrN3O6. The number of hydrogen-bond acceptors (Lipinski definition) is 8. The van der Waals surface area contributed by atoms with Gasteiger partial charge in [0.05, 0.1) is 30.8 Å². The summed E-state index contributed by atoms with van der Waals surface area (Å²) >= 11 is 3.49. The molecule has 1 atom stereocenters. The molecule has 0 amide bonds. The summed E-state index contributed by atoms with van der Waals surface area (Å²) in [5, 5.41) is 5.84. The number of para-hydroxylation sites is 1. The van der Waals surface area contributed by atoms with Gasteiger partial charge in [-0.1, -0.05) is 34.1 Å². The van der Waals surface area contributed by atoms with Crippen molar-refractivity contribution in [1.29, 1.82) is 0 Å². The third-order valence-corrected chi connectivity index (χ3v) is 6.91. The Morgan fingerprint density at radius 2 is 2.00 bits per heavy atom. The third-order valence-electron chi connectivity index (χ3n) is 6.42. The highest BCUT2D eigenvalue weighted by Crippen LogP contribution is 2.35. The molecule has 2 heterocycles. The molecule has 0 aliphatic carbocycles. The van der Waals surface area contributed by atoms with Crippen LogP contribution in [-0.4, -0.2) is 41.7 Å². The number of methoxy groups -OCH3 is 1. The average Bonchev–Trinajstić information content (AvgIpc) is 3.41. The zero-order valence-electron chi connectivity index (χ0n) is 23.3. The normalized spacial score (nSPS) is 12.1. The molecule has 214 valence electrons. The number of rotatable bonds is 10. The van der Waals surface area contributed by atoms with Crippen LogP contribution in [0.2, 0.25) is 0 Å². The van der Waals surface area contributed by atoms with Gasteiger partial charge >= 0.3 is 5.97 Å². The summed E-state index contributed by atoms with van der Waals surface area (Å²) in [6, 6.07) is 18.1. The van der Waals surface area contributed by atoms with Gasteiger partial charge in [0.1, 0.15) is 5.58 Å². The Morgan fingerprint density at radius 1 is 1.19 bits per heavy atom. The Bertz CT molecular complexity index is 1890. The summed E-state index contributed by atoms with van der Waals surface area (Å²) in [6.07, 6.45) is 2.84. The van der Waals surface area contributed by atoms with Crippen LogP contribution in [0.5, 0.6) is 11.5 Å². The number of ether oxygens (including phenoxy) is 3. The maximum atomic E-state index is 13.7. The molecule has 0 unspecified atom stereocenters. The Balaban J connectivity index is 1.64. The van der Waals surface area contributed by atoms with Crippen LogP contribution in [0, 0.1) is 0 Å². The number of hydrogen-bond donors (Lipinski definition) is 0. The highest BCUT2D eigenvalue weighted by Gasteiger charge is 2.21. The van der Waals surface area contributed by atoms with Crippen molar-refractivity contribution < 1.29 is 23.4 Å². The minimum atomic E-state index is -0.855. The van der Waals surface area contributed by atoms with Gasteiger partial charge in [-0.25, -0.2) is 9.78 Å². The summed E-state index contributed by atoms with van der Waals surface area (Å²) in [5.41, 5.74) is 2.18. The van der Waals surface area contributed by atoms with E-state index < -0.39 is 12.1 Å². The highest BCUT2D eigenvalue weighted by atomic mass is 79.9. The molecule has 3 aromatic carbocycles. The standard InChI is InChI=1S/C32H28BrN3O6/c1-5-9-21-14-20(15-27(40-6-2)29(21)41-19(3)32(38)39-4)18-34-36-30(35-25-11-8-7-10-24(25)31(36)37)28-17-22-16-23(33)12-13-26(22)42-28/h5,7-8,10-19H,1,6,9H2,2-4H3/t19-/m1/s1. The lowest BCUT2D eigenvalue weighted by Gasteiger charge is -2.19. The van der Waals surface area contributed by atoms with Crippen LogP contribution in [0.3, 0.4) is 0 Å². The second-order valence-electron chi connectivity index (χ2n) is 9.32. The Labute approximate surface area is 250 Å². The van der Waals surface area contributed by atoms with Crippen molar-refractivity contribution in [3.05, 3.63) is 99.3 Å². The summed E-state index contributed by atoms with van der Waals surface area (Å²) in [5.74, 6) is 0.962. The topological polar surface area (TPSA) is 105 Å². The van der Waals surface area contributed by atoms with E-state index in [0.717, 1.165) is 15.4 Å². The smallest absolute Gasteiger partial charge is 0.346 e. The highest BCUT2D eigenvalue weighted by molar-refractivity contribution is 9.10. The number of furan rings is 1. The molecule has 5 rings (SSSR count). The summed E-state index contributed by atoms with van der Waals surface area (Å²) in [6.45, 7) is 7.66. The Kier molecular flexibility index (Phi) is 8.53. The molecule has 0 saturated heterocycles. The second-order valence-corrected chi connectivity index (χ2v) is 10.2. The van der Waals surface area contributed by atoms with Crippen LogP contribution in [0.25, 0.3) is 33.5 Å². The molecule has 0 radical (unpaired) electrons. The number of esters is 1. The van der Waals surface area contributed by atoms with Gasteiger partial charge in [0, 0.05) is 15.4 Å². The van der Waals surface area contributed by atoms with Crippen molar-refractivity contribution >= 4 is 50.0 Å². The first-order chi connectivity index (χ1) is 20.3. The number of benzene rings is 3. The lowest BCUT2D eigenvalue weighted by Crippen LogP contribution is -2.25. The van der Waals surface area contributed by atoms with Gasteiger partial charge in [-0.05, 0) is 74.4 Å².